The van der Waals surface area contributed by atoms with E-state index in [4.69, 9.17) is 16.3 Å². The Balaban J connectivity index is 2.75. The van der Waals surface area contributed by atoms with Gasteiger partial charge in [-0.05, 0) is 50.6 Å². The molecule has 0 aliphatic carbocycles. The molecular formula is C12H14ClO. The first-order valence-corrected chi connectivity index (χ1v) is 5.00. The predicted molar refractivity (Wildman–Crippen MR) is 61.0 cm³/mol. The van der Waals surface area contributed by atoms with Gasteiger partial charge in [0.25, 0.3) is 0 Å². The van der Waals surface area contributed by atoms with Gasteiger partial charge in [-0.25, -0.2) is 0 Å². The summed E-state index contributed by atoms with van der Waals surface area (Å²) in [4.78, 5) is 0. The molecule has 0 aliphatic heterocycles. The molecular weight excluding hydrogens is 196 g/mol. The third-order valence-corrected chi connectivity index (χ3v) is 2.04. The first-order chi connectivity index (χ1) is 6.77. The van der Waals surface area contributed by atoms with E-state index < -0.39 is 0 Å². The average molecular weight is 210 g/mol. The van der Waals surface area contributed by atoms with Crippen LogP contribution in [0.2, 0.25) is 5.02 Å². The largest absolute Gasteiger partial charge is 0.493 e. The number of hydrogen-bond donors (Lipinski definition) is 0. The topological polar surface area (TPSA) is 9.23 Å². The van der Waals surface area contributed by atoms with E-state index in [1.165, 1.54) is 0 Å². The number of ether oxygens (including phenoxy) is 1. The molecule has 0 unspecified atom stereocenters. The van der Waals surface area contributed by atoms with E-state index in [1.54, 1.807) is 0 Å². The molecule has 0 amide bonds. The van der Waals surface area contributed by atoms with Gasteiger partial charge in [0.1, 0.15) is 5.76 Å². The summed E-state index contributed by atoms with van der Waals surface area (Å²) < 4.78 is 5.52. The zero-order valence-electron chi connectivity index (χ0n) is 8.29. The lowest BCUT2D eigenvalue weighted by molar-refractivity contribution is 0.283. The Bertz CT molecular complexity index is 301. The van der Waals surface area contributed by atoms with Gasteiger partial charge in [0, 0.05) is 10.6 Å². The van der Waals surface area contributed by atoms with Crippen LogP contribution in [0.4, 0.5) is 0 Å². The van der Waals surface area contributed by atoms with E-state index >= 15 is 0 Å². The van der Waals surface area contributed by atoms with Crippen LogP contribution in [0.25, 0.3) is 5.76 Å². The maximum Gasteiger partial charge on any atom is 0.122 e. The molecule has 1 radical (unpaired) electrons. The third kappa shape index (κ3) is 3.08. The van der Waals surface area contributed by atoms with Crippen molar-refractivity contribution in [3.8, 4) is 0 Å². The zero-order chi connectivity index (χ0) is 10.4. The molecule has 1 aromatic carbocycles. The highest BCUT2D eigenvalue weighted by Crippen LogP contribution is 2.18. The number of halogens is 1. The number of rotatable bonds is 4. The lowest BCUT2D eigenvalue weighted by Crippen LogP contribution is -1.93. The predicted octanol–water partition coefficient (Wildman–Crippen LogP) is 3.94. The van der Waals surface area contributed by atoms with Gasteiger partial charge in [0.15, 0.2) is 0 Å². The monoisotopic (exact) mass is 209 g/mol. The van der Waals surface area contributed by atoms with Crippen LogP contribution < -0.4 is 0 Å². The molecule has 0 N–H and O–H groups in total. The second-order valence-electron chi connectivity index (χ2n) is 2.86. The lowest BCUT2D eigenvalue weighted by Gasteiger charge is -2.09. The van der Waals surface area contributed by atoms with Crippen molar-refractivity contribution in [2.75, 3.05) is 6.61 Å². The maximum absolute atomic E-state index is 5.79. The van der Waals surface area contributed by atoms with Gasteiger partial charge in [-0.3, -0.25) is 0 Å². The molecule has 2 heteroatoms. The van der Waals surface area contributed by atoms with Crippen LogP contribution >= 0.6 is 11.6 Å². The van der Waals surface area contributed by atoms with E-state index in [-0.39, 0.29) is 0 Å². The van der Waals surface area contributed by atoms with Crippen LogP contribution in [-0.2, 0) is 4.74 Å². The Morgan fingerprint density at radius 3 is 2.57 bits per heavy atom. The molecule has 0 bridgehead atoms. The van der Waals surface area contributed by atoms with E-state index in [0.29, 0.717) is 6.61 Å². The SMILES string of the molecule is [CH2]CCOC(=CC)c1ccc(Cl)cc1. The van der Waals surface area contributed by atoms with Crippen LogP contribution in [0.1, 0.15) is 18.9 Å². The summed E-state index contributed by atoms with van der Waals surface area (Å²) in [7, 11) is 0. The van der Waals surface area contributed by atoms with Crippen LogP contribution in [-0.4, -0.2) is 6.61 Å². The fraction of sp³-hybridized carbons (Fsp3) is 0.250. The Hall–Kier alpha value is -0.950. The Labute approximate surface area is 90.3 Å². The van der Waals surface area contributed by atoms with E-state index in [1.807, 2.05) is 37.3 Å². The van der Waals surface area contributed by atoms with Crippen molar-refractivity contribution in [2.24, 2.45) is 0 Å². The standard InChI is InChI=1S/C12H14ClO/c1-3-9-14-12(4-2)10-5-7-11(13)8-6-10/h4-8H,1,3,9H2,2H3. The minimum absolute atomic E-state index is 0.641. The quantitative estimate of drug-likeness (QED) is 0.683. The van der Waals surface area contributed by atoms with Crippen molar-refractivity contribution >= 4 is 17.4 Å². The van der Waals surface area contributed by atoms with Crippen molar-refractivity contribution in [1.29, 1.82) is 0 Å². The average Bonchev–Trinajstić information content (AvgIpc) is 2.21. The molecule has 1 nitrogen and oxygen atoms in total. The molecule has 0 aliphatic rings. The summed E-state index contributed by atoms with van der Waals surface area (Å²) in [6.45, 7) is 6.32. The van der Waals surface area contributed by atoms with Gasteiger partial charge < -0.3 is 4.74 Å². The zero-order valence-corrected chi connectivity index (χ0v) is 9.05. The highest BCUT2D eigenvalue weighted by atomic mass is 35.5. The fourth-order valence-corrected chi connectivity index (χ4v) is 1.26. The van der Waals surface area contributed by atoms with Crippen LogP contribution in [0, 0.1) is 6.92 Å². The van der Waals surface area contributed by atoms with Crippen LogP contribution in [0.15, 0.2) is 30.3 Å². The minimum atomic E-state index is 0.641. The molecule has 75 valence electrons. The second kappa shape index (κ2) is 5.71. The summed E-state index contributed by atoms with van der Waals surface area (Å²) >= 11 is 5.79. The van der Waals surface area contributed by atoms with Crippen LogP contribution in [0.5, 0.6) is 0 Å². The summed E-state index contributed by atoms with van der Waals surface area (Å²) in [6, 6.07) is 7.60. The van der Waals surface area contributed by atoms with Gasteiger partial charge >= 0.3 is 0 Å². The molecule has 1 aromatic rings. The first kappa shape index (κ1) is 11.1. The van der Waals surface area contributed by atoms with Crippen molar-refractivity contribution in [3.05, 3.63) is 47.9 Å². The molecule has 0 heterocycles. The van der Waals surface area contributed by atoms with Gasteiger partial charge in [0.2, 0.25) is 0 Å². The Morgan fingerprint density at radius 2 is 2.07 bits per heavy atom. The van der Waals surface area contributed by atoms with Gasteiger partial charge in [-0.2, -0.15) is 0 Å². The molecule has 1 rings (SSSR count). The first-order valence-electron chi connectivity index (χ1n) is 4.62. The molecule has 0 fully saturated rings. The molecule has 14 heavy (non-hydrogen) atoms. The molecule has 0 atom stereocenters. The Kier molecular flexibility index (Phi) is 4.54. The minimum Gasteiger partial charge on any atom is -0.493 e. The van der Waals surface area contributed by atoms with E-state index in [2.05, 4.69) is 6.92 Å². The molecule has 0 aromatic heterocycles. The van der Waals surface area contributed by atoms with Gasteiger partial charge in [0.05, 0.1) is 6.61 Å². The highest BCUT2D eigenvalue weighted by Gasteiger charge is 2.00. The van der Waals surface area contributed by atoms with Gasteiger partial charge in [-0.1, -0.05) is 11.6 Å². The summed E-state index contributed by atoms with van der Waals surface area (Å²) in [5.74, 6) is 0.880. The van der Waals surface area contributed by atoms with E-state index in [9.17, 15) is 0 Å². The van der Waals surface area contributed by atoms with Crippen molar-refractivity contribution in [1.82, 2.24) is 0 Å². The maximum atomic E-state index is 5.79. The van der Waals surface area contributed by atoms with Crippen LogP contribution in [0.3, 0.4) is 0 Å². The smallest absolute Gasteiger partial charge is 0.122 e. The molecule has 0 saturated heterocycles. The normalized spacial score (nSPS) is 11.5. The van der Waals surface area contributed by atoms with Crippen molar-refractivity contribution < 1.29 is 4.74 Å². The third-order valence-electron chi connectivity index (χ3n) is 1.79. The molecule has 0 saturated carbocycles. The number of hydrogen-bond acceptors (Lipinski definition) is 1. The summed E-state index contributed by atoms with van der Waals surface area (Å²) in [6.07, 6.45) is 2.71. The Morgan fingerprint density at radius 1 is 1.43 bits per heavy atom. The lowest BCUT2D eigenvalue weighted by atomic mass is 10.2. The van der Waals surface area contributed by atoms with Crippen molar-refractivity contribution in [2.45, 2.75) is 13.3 Å². The fourth-order valence-electron chi connectivity index (χ4n) is 1.13. The second-order valence-corrected chi connectivity index (χ2v) is 3.30. The summed E-state index contributed by atoms with van der Waals surface area (Å²) in [5, 5.41) is 0.737. The molecule has 0 spiro atoms. The number of allylic oxidation sites excluding steroid dienone is 1. The van der Waals surface area contributed by atoms with Crippen molar-refractivity contribution in [3.63, 3.8) is 0 Å². The van der Waals surface area contributed by atoms with Gasteiger partial charge in [-0.15, -0.1) is 0 Å². The summed E-state index contributed by atoms with van der Waals surface area (Å²) in [5.41, 5.74) is 1.05. The van der Waals surface area contributed by atoms with E-state index in [0.717, 1.165) is 22.8 Å². The number of benzene rings is 1. The highest BCUT2D eigenvalue weighted by molar-refractivity contribution is 6.30.